The van der Waals surface area contributed by atoms with Crippen LogP contribution < -0.4 is 14.8 Å². The van der Waals surface area contributed by atoms with Crippen molar-refractivity contribution in [3.63, 3.8) is 0 Å². The predicted molar refractivity (Wildman–Crippen MR) is 125 cm³/mol. The van der Waals surface area contributed by atoms with Gasteiger partial charge in [0.05, 0.1) is 28.7 Å². The number of aryl methyl sites for hydroxylation is 1. The number of sulfonamides is 1. The molecule has 1 fully saturated rings. The molecule has 0 aromatic heterocycles. The van der Waals surface area contributed by atoms with Gasteiger partial charge in [0.2, 0.25) is 10.0 Å². The summed E-state index contributed by atoms with van der Waals surface area (Å²) in [4.78, 5) is 12.7. The highest BCUT2D eigenvalue weighted by molar-refractivity contribution is 7.89. The van der Waals surface area contributed by atoms with E-state index in [1.54, 1.807) is 19.1 Å². The van der Waals surface area contributed by atoms with Crippen molar-refractivity contribution in [2.45, 2.75) is 37.5 Å². The third kappa shape index (κ3) is 5.96. The number of hydrogen-bond donors (Lipinski definition) is 1. The van der Waals surface area contributed by atoms with Gasteiger partial charge in [-0.15, -0.1) is 0 Å². The Hall–Kier alpha value is -2.80. The molecule has 0 atom stereocenters. The number of carbonyl (C=O) groups is 1. The summed E-state index contributed by atoms with van der Waals surface area (Å²) < 4.78 is 38.6. The van der Waals surface area contributed by atoms with Crippen LogP contribution in [0.1, 0.15) is 36.8 Å². The fourth-order valence-corrected chi connectivity index (χ4v) is 5.67. The highest BCUT2D eigenvalue weighted by atomic mass is 35.5. The number of halogens is 1. The third-order valence-electron chi connectivity index (χ3n) is 5.36. The first-order valence-electron chi connectivity index (χ1n) is 10.6. The van der Waals surface area contributed by atoms with Crippen LogP contribution in [0.5, 0.6) is 11.5 Å². The standard InChI is InChI=1S/C23H26ClN3O5S/c1-16-7-8-18(13-21(16)33(29,30)27-9-5-3-4-6-10-27)26-22(28)15-32-23-19(24)11-17(14-25)12-20(23)31-2/h7-8,11-13H,3-6,9-10,15H2,1-2H3,(H,26,28). The van der Waals surface area contributed by atoms with E-state index in [1.807, 2.05) is 6.07 Å². The summed E-state index contributed by atoms with van der Waals surface area (Å²) in [7, 11) is -2.26. The first-order valence-corrected chi connectivity index (χ1v) is 12.4. The molecule has 176 valence electrons. The van der Waals surface area contributed by atoms with Crippen molar-refractivity contribution in [2.75, 3.05) is 32.1 Å². The van der Waals surface area contributed by atoms with Crippen molar-refractivity contribution >= 4 is 33.2 Å². The van der Waals surface area contributed by atoms with E-state index in [2.05, 4.69) is 5.32 Å². The first-order chi connectivity index (χ1) is 15.8. The highest BCUT2D eigenvalue weighted by Crippen LogP contribution is 2.36. The monoisotopic (exact) mass is 491 g/mol. The second kappa shape index (κ2) is 10.9. The quantitative estimate of drug-likeness (QED) is 0.624. The minimum atomic E-state index is -3.66. The van der Waals surface area contributed by atoms with Gasteiger partial charge in [-0.25, -0.2) is 8.42 Å². The number of nitrogens with one attached hydrogen (secondary N) is 1. The van der Waals surface area contributed by atoms with Crippen LogP contribution in [0.2, 0.25) is 5.02 Å². The Morgan fingerprint density at radius 1 is 1.18 bits per heavy atom. The fraction of sp³-hybridized carbons (Fsp3) is 0.391. The minimum absolute atomic E-state index is 0.139. The van der Waals surface area contributed by atoms with E-state index in [0.29, 0.717) is 29.9 Å². The molecule has 0 bridgehead atoms. The summed E-state index contributed by atoms with van der Waals surface area (Å²) >= 11 is 6.15. The number of rotatable bonds is 7. The van der Waals surface area contributed by atoms with E-state index in [9.17, 15) is 13.2 Å². The Balaban J connectivity index is 1.73. The van der Waals surface area contributed by atoms with Gasteiger partial charge in [-0.2, -0.15) is 9.57 Å². The number of carbonyl (C=O) groups excluding carboxylic acids is 1. The zero-order valence-electron chi connectivity index (χ0n) is 18.6. The molecule has 10 heteroatoms. The van der Waals surface area contributed by atoms with Gasteiger partial charge in [0, 0.05) is 24.8 Å². The van der Waals surface area contributed by atoms with Gasteiger partial charge in [0.1, 0.15) is 0 Å². The molecule has 2 aromatic carbocycles. The van der Waals surface area contributed by atoms with Crippen LogP contribution in [0.4, 0.5) is 5.69 Å². The molecule has 1 amide bonds. The molecule has 8 nitrogen and oxygen atoms in total. The lowest BCUT2D eigenvalue weighted by molar-refractivity contribution is -0.118. The van der Waals surface area contributed by atoms with Crippen molar-refractivity contribution in [3.8, 4) is 17.6 Å². The summed E-state index contributed by atoms with van der Waals surface area (Å²) in [5.74, 6) is -0.130. The van der Waals surface area contributed by atoms with Gasteiger partial charge in [-0.1, -0.05) is 30.5 Å². The maximum atomic E-state index is 13.2. The number of nitriles is 1. The molecule has 0 saturated carbocycles. The second-order valence-electron chi connectivity index (χ2n) is 7.74. The number of benzene rings is 2. The normalized spacial score (nSPS) is 14.7. The summed E-state index contributed by atoms with van der Waals surface area (Å²) in [6, 6.07) is 9.62. The number of hydrogen-bond acceptors (Lipinski definition) is 6. The molecule has 0 aliphatic carbocycles. The SMILES string of the molecule is COc1cc(C#N)cc(Cl)c1OCC(=O)Nc1ccc(C)c(S(=O)(=O)N2CCCCCC2)c1. The van der Waals surface area contributed by atoms with E-state index in [1.165, 1.54) is 29.6 Å². The van der Waals surface area contributed by atoms with E-state index in [0.717, 1.165) is 25.7 Å². The topological polar surface area (TPSA) is 109 Å². The second-order valence-corrected chi connectivity index (χ2v) is 10.1. The maximum absolute atomic E-state index is 13.2. The smallest absolute Gasteiger partial charge is 0.262 e. The zero-order chi connectivity index (χ0) is 24.0. The van der Waals surface area contributed by atoms with Crippen molar-refractivity contribution in [1.29, 1.82) is 5.26 Å². The van der Waals surface area contributed by atoms with Crippen LogP contribution in [-0.2, 0) is 14.8 Å². The molecular weight excluding hydrogens is 466 g/mol. The highest BCUT2D eigenvalue weighted by Gasteiger charge is 2.27. The lowest BCUT2D eigenvalue weighted by Crippen LogP contribution is -2.32. The molecule has 1 aliphatic rings. The molecule has 3 rings (SSSR count). The van der Waals surface area contributed by atoms with Crippen molar-refractivity contribution in [1.82, 2.24) is 4.31 Å². The summed E-state index contributed by atoms with van der Waals surface area (Å²) in [6.45, 7) is 2.35. The summed E-state index contributed by atoms with van der Waals surface area (Å²) in [5, 5.41) is 11.8. The van der Waals surface area contributed by atoms with Crippen LogP contribution in [0.3, 0.4) is 0 Å². The van der Waals surface area contributed by atoms with Gasteiger partial charge in [-0.05, 0) is 43.5 Å². The molecule has 0 radical (unpaired) electrons. The molecule has 33 heavy (non-hydrogen) atoms. The van der Waals surface area contributed by atoms with Crippen LogP contribution in [0, 0.1) is 18.3 Å². The minimum Gasteiger partial charge on any atom is -0.493 e. The van der Waals surface area contributed by atoms with E-state index in [-0.39, 0.29) is 28.0 Å². The van der Waals surface area contributed by atoms with Crippen LogP contribution in [-0.4, -0.2) is 45.4 Å². The number of ether oxygens (including phenoxy) is 2. The van der Waals surface area contributed by atoms with Crippen LogP contribution in [0.25, 0.3) is 0 Å². The Labute approximate surface area is 199 Å². The Morgan fingerprint density at radius 3 is 2.52 bits per heavy atom. The molecule has 1 N–H and O–H groups in total. The average Bonchev–Trinajstić information content (AvgIpc) is 3.09. The van der Waals surface area contributed by atoms with Crippen molar-refractivity contribution in [3.05, 3.63) is 46.5 Å². The van der Waals surface area contributed by atoms with E-state index in [4.69, 9.17) is 26.3 Å². The van der Waals surface area contributed by atoms with Gasteiger partial charge >= 0.3 is 0 Å². The lowest BCUT2D eigenvalue weighted by atomic mass is 10.2. The van der Waals surface area contributed by atoms with Crippen molar-refractivity contribution in [2.24, 2.45) is 0 Å². The largest absolute Gasteiger partial charge is 0.493 e. The Kier molecular flexibility index (Phi) is 8.19. The number of amides is 1. The molecule has 1 aliphatic heterocycles. The zero-order valence-corrected chi connectivity index (χ0v) is 20.1. The van der Waals surface area contributed by atoms with E-state index < -0.39 is 15.9 Å². The van der Waals surface area contributed by atoms with Crippen molar-refractivity contribution < 1.29 is 22.7 Å². The molecule has 0 unspecified atom stereocenters. The van der Waals surface area contributed by atoms with Gasteiger partial charge in [-0.3, -0.25) is 4.79 Å². The number of anilines is 1. The first kappa shape index (κ1) is 24.8. The summed E-state index contributed by atoms with van der Waals surface area (Å²) in [5.41, 5.74) is 1.26. The maximum Gasteiger partial charge on any atom is 0.262 e. The number of methoxy groups -OCH3 is 1. The van der Waals surface area contributed by atoms with Gasteiger partial charge < -0.3 is 14.8 Å². The Bertz CT molecular complexity index is 1170. The third-order valence-corrected chi connectivity index (χ3v) is 7.68. The van der Waals surface area contributed by atoms with E-state index >= 15 is 0 Å². The molecule has 0 spiro atoms. The molecule has 1 heterocycles. The van der Waals surface area contributed by atoms with Crippen LogP contribution >= 0.6 is 11.6 Å². The molecule has 2 aromatic rings. The number of nitrogens with zero attached hydrogens (tertiary/aromatic N) is 2. The fourth-order valence-electron chi connectivity index (χ4n) is 3.64. The lowest BCUT2D eigenvalue weighted by Gasteiger charge is -2.21. The molecule has 1 saturated heterocycles. The predicted octanol–water partition coefficient (Wildman–Crippen LogP) is 4.11. The Morgan fingerprint density at radius 2 is 1.88 bits per heavy atom. The van der Waals surface area contributed by atoms with Gasteiger partial charge in [0.15, 0.2) is 18.1 Å². The molecular formula is C23H26ClN3O5S. The average molecular weight is 492 g/mol. The summed E-state index contributed by atoms with van der Waals surface area (Å²) in [6.07, 6.45) is 3.73. The van der Waals surface area contributed by atoms with Gasteiger partial charge in [0.25, 0.3) is 5.91 Å². The van der Waals surface area contributed by atoms with Crippen LogP contribution in [0.15, 0.2) is 35.2 Å².